The van der Waals surface area contributed by atoms with E-state index in [1.165, 1.54) is 5.56 Å². The van der Waals surface area contributed by atoms with Gasteiger partial charge in [0.05, 0.1) is 13.2 Å². The van der Waals surface area contributed by atoms with Crippen LogP contribution in [0.15, 0.2) is 42.5 Å². The second-order valence-electron chi connectivity index (χ2n) is 4.59. The highest BCUT2D eigenvalue weighted by atomic mass is 127. The van der Waals surface area contributed by atoms with Gasteiger partial charge in [-0.25, -0.2) is 0 Å². The number of ether oxygens (including phenoxy) is 1. The summed E-state index contributed by atoms with van der Waals surface area (Å²) in [4.78, 5) is 0. The van der Waals surface area contributed by atoms with Crippen molar-refractivity contribution >= 4 is 22.6 Å². The minimum Gasteiger partial charge on any atom is -0.496 e. The Hall–Kier alpha value is -1.07. The van der Waals surface area contributed by atoms with E-state index < -0.39 is 6.10 Å². The number of aliphatic hydroxyl groups excluding tert-OH is 1. The molecule has 1 unspecified atom stereocenters. The molecule has 2 nitrogen and oxygen atoms in total. The molecule has 2 rings (SSSR count). The van der Waals surface area contributed by atoms with Crippen LogP contribution in [0.3, 0.4) is 0 Å². The largest absolute Gasteiger partial charge is 0.496 e. The Bertz CT molecular complexity index is 566. The van der Waals surface area contributed by atoms with Crippen molar-refractivity contribution in [3.8, 4) is 5.75 Å². The fourth-order valence-electron chi connectivity index (χ4n) is 2.11. The molecule has 0 spiro atoms. The average molecular weight is 368 g/mol. The molecule has 0 amide bonds. The summed E-state index contributed by atoms with van der Waals surface area (Å²) in [5, 5.41) is 10.4. The molecule has 2 aromatic carbocycles. The minimum atomic E-state index is -0.509. The molecule has 0 aliphatic heterocycles. The smallest absolute Gasteiger partial charge is 0.122 e. The molecule has 3 heteroatoms. The number of methoxy groups -OCH3 is 1. The molecule has 0 aliphatic rings. The van der Waals surface area contributed by atoms with Crippen molar-refractivity contribution in [2.24, 2.45) is 0 Å². The summed E-state index contributed by atoms with van der Waals surface area (Å²) in [5.74, 6) is 0.829. The fraction of sp³-hybridized carbons (Fsp3) is 0.250. The molecular formula is C16H17IO2. The van der Waals surface area contributed by atoms with E-state index in [0.717, 1.165) is 20.4 Å². The van der Waals surface area contributed by atoms with E-state index in [1.54, 1.807) is 7.11 Å². The van der Waals surface area contributed by atoms with Crippen molar-refractivity contribution in [3.63, 3.8) is 0 Å². The van der Waals surface area contributed by atoms with Gasteiger partial charge in [0.25, 0.3) is 0 Å². The van der Waals surface area contributed by atoms with Crippen molar-refractivity contribution in [2.45, 2.75) is 19.4 Å². The highest BCUT2D eigenvalue weighted by molar-refractivity contribution is 14.1. The summed E-state index contributed by atoms with van der Waals surface area (Å²) >= 11 is 2.25. The van der Waals surface area contributed by atoms with E-state index in [9.17, 15) is 5.11 Å². The lowest BCUT2D eigenvalue weighted by molar-refractivity contribution is 0.177. The third-order valence-corrected chi connectivity index (χ3v) is 3.75. The van der Waals surface area contributed by atoms with Gasteiger partial charge in [0.2, 0.25) is 0 Å². The van der Waals surface area contributed by atoms with Gasteiger partial charge in [-0.05, 0) is 58.8 Å². The van der Waals surface area contributed by atoms with E-state index in [0.29, 0.717) is 6.42 Å². The van der Waals surface area contributed by atoms with Gasteiger partial charge >= 0.3 is 0 Å². The average Bonchev–Trinajstić information content (AvgIpc) is 2.39. The summed E-state index contributed by atoms with van der Waals surface area (Å²) in [6.45, 7) is 2.04. The predicted molar refractivity (Wildman–Crippen MR) is 85.6 cm³/mol. The maximum absolute atomic E-state index is 10.4. The van der Waals surface area contributed by atoms with Gasteiger partial charge in [0.1, 0.15) is 5.75 Å². The Balaban J connectivity index is 2.23. The van der Waals surface area contributed by atoms with E-state index in [-0.39, 0.29) is 0 Å². The van der Waals surface area contributed by atoms with Crippen molar-refractivity contribution < 1.29 is 9.84 Å². The molecule has 0 saturated heterocycles. The third kappa shape index (κ3) is 3.70. The van der Waals surface area contributed by atoms with E-state index in [1.807, 2.05) is 43.3 Å². The third-order valence-electron chi connectivity index (χ3n) is 3.08. The lowest BCUT2D eigenvalue weighted by Gasteiger charge is -2.14. The Morgan fingerprint density at radius 1 is 1.21 bits per heavy atom. The lowest BCUT2D eigenvalue weighted by Crippen LogP contribution is -2.04. The van der Waals surface area contributed by atoms with Gasteiger partial charge in [0, 0.05) is 9.99 Å². The zero-order chi connectivity index (χ0) is 13.8. The molecule has 0 fully saturated rings. The molecular weight excluding hydrogens is 351 g/mol. The fourth-order valence-corrected chi connectivity index (χ4v) is 2.67. The number of aliphatic hydroxyl groups is 1. The molecule has 0 heterocycles. The van der Waals surface area contributed by atoms with E-state index in [2.05, 4.69) is 28.7 Å². The minimum absolute atomic E-state index is 0.509. The molecule has 100 valence electrons. The van der Waals surface area contributed by atoms with Gasteiger partial charge in [0.15, 0.2) is 0 Å². The van der Waals surface area contributed by atoms with Gasteiger partial charge < -0.3 is 9.84 Å². The molecule has 0 bridgehead atoms. The molecule has 0 saturated carbocycles. The van der Waals surface area contributed by atoms with Crippen LogP contribution < -0.4 is 4.74 Å². The van der Waals surface area contributed by atoms with Crippen LogP contribution in [0.4, 0.5) is 0 Å². The normalized spacial score (nSPS) is 12.2. The number of aryl methyl sites for hydroxylation is 1. The summed E-state index contributed by atoms with van der Waals surface area (Å²) in [7, 11) is 1.66. The molecule has 0 aromatic heterocycles. The number of hydrogen-bond acceptors (Lipinski definition) is 2. The van der Waals surface area contributed by atoms with Crippen LogP contribution in [0.1, 0.15) is 22.8 Å². The summed E-state index contributed by atoms with van der Waals surface area (Å²) in [6.07, 6.45) is 0.0516. The van der Waals surface area contributed by atoms with Crippen LogP contribution >= 0.6 is 22.6 Å². The molecule has 1 atom stereocenters. The molecule has 1 N–H and O–H groups in total. The molecule has 0 aliphatic carbocycles. The number of rotatable bonds is 4. The van der Waals surface area contributed by atoms with Gasteiger partial charge in [-0.2, -0.15) is 0 Å². The molecule has 0 radical (unpaired) electrons. The van der Waals surface area contributed by atoms with Crippen molar-refractivity contribution in [1.82, 2.24) is 0 Å². The van der Waals surface area contributed by atoms with Crippen LogP contribution in [-0.2, 0) is 6.42 Å². The quantitative estimate of drug-likeness (QED) is 0.830. The van der Waals surface area contributed by atoms with Crippen LogP contribution in [0.2, 0.25) is 0 Å². The topological polar surface area (TPSA) is 29.5 Å². The first kappa shape index (κ1) is 14.3. The van der Waals surface area contributed by atoms with Crippen LogP contribution in [0, 0.1) is 10.5 Å². The Morgan fingerprint density at radius 2 is 2.00 bits per heavy atom. The second-order valence-corrected chi connectivity index (χ2v) is 5.84. The van der Waals surface area contributed by atoms with Crippen molar-refractivity contribution in [2.75, 3.05) is 7.11 Å². The van der Waals surface area contributed by atoms with Crippen LogP contribution in [0.25, 0.3) is 0 Å². The summed E-state index contributed by atoms with van der Waals surface area (Å²) < 4.78 is 6.48. The standard InChI is InChI=1S/C16H17IO2/c1-11-6-7-16(19-2)13(8-11)10-15(18)12-4-3-5-14(17)9-12/h3-9,15,18H,10H2,1-2H3. The van der Waals surface area contributed by atoms with Crippen LogP contribution in [0.5, 0.6) is 5.75 Å². The first-order valence-corrected chi connectivity index (χ1v) is 7.25. The zero-order valence-corrected chi connectivity index (χ0v) is 13.2. The predicted octanol–water partition coefficient (Wildman–Crippen LogP) is 3.88. The molecule has 19 heavy (non-hydrogen) atoms. The number of hydrogen-bond donors (Lipinski definition) is 1. The van der Waals surface area contributed by atoms with E-state index in [4.69, 9.17) is 4.74 Å². The number of halogens is 1. The maximum Gasteiger partial charge on any atom is 0.122 e. The van der Waals surface area contributed by atoms with Crippen LogP contribution in [-0.4, -0.2) is 12.2 Å². The van der Waals surface area contributed by atoms with Crippen molar-refractivity contribution in [3.05, 3.63) is 62.7 Å². The molecule has 2 aromatic rings. The summed E-state index contributed by atoms with van der Waals surface area (Å²) in [6, 6.07) is 14.0. The van der Waals surface area contributed by atoms with Gasteiger partial charge in [-0.3, -0.25) is 0 Å². The summed E-state index contributed by atoms with van der Waals surface area (Å²) in [5.41, 5.74) is 3.15. The second kappa shape index (κ2) is 6.39. The highest BCUT2D eigenvalue weighted by Gasteiger charge is 2.12. The zero-order valence-electron chi connectivity index (χ0n) is 11.1. The van der Waals surface area contributed by atoms with Crippen molar-refractivity contribution in [1.29, 1.82) is 0 Å². The Kier molecular flexibility index (Phi) is 4.82. The lowest BCUT2D eigenvalue weighted by atomic mass is 9.99. The Labute approximate surface area is 127 Å². The van der Waals surface area contributed by atoms with E-state index >= 15 is 0 Å². The first-order valence-electron chi connectivity index (χ1n) is 6.17. The first-order chi connectivity index (χ1) is 9.10. The monoisotopic (exact) mass is 368 g/mol. The number of benzene rings is 2. The van der Waals surface area contributed by atoms with Gasteiger partial charge in [-0.15, -0.1) is 0 Å². The van der Waals surface area contributed by atoms with Gasteiger partial charge in [-0.1, -0.05) is 29.8 Å². The Morgan fingerprint density at radius 3 is 2.68 bits per heavy atom. The maximum atomic E-state index is 10.4. The highest BCUT2D eigenvalue weighted by Crippen LogP contribution is 2.26. The SMILES string of the molecule is COc1ccc(C)cc1CC(O)c1cccc(I)c1.